The van der Waals surface area contributed by atoms with Gasteiger partial charge in [0.05, 0.1) is 11.9 Å². The highest BCUT2D eigenvalue weighted by Crippen LogP contribution is 2.25. The molecule has 2 aromatic rings. The van der Waals surface area contributed by atoms with Crippen LogP contribution in [0.15, 0.2) is 42.5 Å². The monoisotopic (exact) mass is 394 g/mol. The van der Waals surface area contributed by atoms with Crippen molar-refractivity contribution in [3.8, 4) is 0 Å². The zero-order chi connectivity index (χ0) is 19.5. The summed E-state index contributed by atoms with van der Waals surface area (Å²) in [5, 5.41) is 3.31. The summed E-state index contributed by atoms with van der Waals surface area (Å²) in [6.45, 7) is 5.51. The summed E-state index contributed by atoms with van der Waals surface area (Å²) < 4.78 is 26.1. The van der Waals surface area contributed by atoms with Gasteiger partial charge in [-0.3, -0.25) is 9.10 Å². The molecule has 0 saturated heterocycles. The average molecular weight is 395 g/mol. The third kappa shape index (κ3) is 4.77. The van der Waals surface area contributed by atoms with Crippen molar-refractivity contribution in [2.24, 2.45) is 0 Å². The number of benzene rings is 2. The van der Waals surface area contributed by atoms with Crippen LogP contribution in [0.2, 0.25) is 5.02 Å². The summed E-state index contributed by atoms with van der Waals surface area (Å²) in [4.78, 5) is 12.9. The first-order valence-corrected chi connectivity index (χ1v) is 10.5. The lowest BCUT2D eigenvalue weighted by molar-refractivity contribution is -0.117. The van der Waals surface area contributed by atoms with Crippen molar-refractivity contribution in [1.82, 2.24) is 0 Å². The van der Waals surface area contributed by atoms with E-state index in [1.54, 1.807) is 43.3 Å². The lowest BCUT2D eigenvalue weighted by Gasteiger charge is -2.30. The molecule has 140 valence electrons. The van der Waals surface area contributed by atoms with Crippen molar-refractivity contribution in [2.75, 3.05) is 15.9 Å². The van der Waals surface area contributed by atoms with Crippen LogP contribution in [0.1, 0.15) is 24.5 Å². The van der Waals surface area contributed by atoms with Crippen LogP contribution >= 0.6 is 11.6 Å². The van der Waals surface area contributed by atoms with Gasteiger partial charge in [0.1, 0.15) is 6.04 Å². The molecule has 0 bridgehead atoms. The fraction of sp³-hybridized carbons (Fsp3) is 0.316. The van der Waals surface area contributed by atoms with Crippen LogP contribution in [0.3, 0.4) is 0 Å². The molecule has 2 aromatic carbocycles. The molecule has 0 aliphatic carbocycles. The predicted molar refractivity (Wildman–Crippen MR) is 107 cm³/mol. The van der Waals surface area contributed by atoms with Crippen molar-refractivity contribution in [3.05, 3.63) is 58.6 Å². The van der Waals surface area contributed by atoms with E-state index in [-0.39, 0.29) is 0 Å². The van der Waals surface area contributed by atoms with Crippen LogP contribution in [0.25, 0.3) is 0 Å². The molecule has 0 fully saturated rings. The smallest absolute Gasteiger partial charge is 0.248 e. The first kappa shape index (κ1) is 20.3. The molecule has 1 amide bonds. The Morgan fingerprint density at radius 1 is 1.19 bits per heavy atom. The number of carbonyl (C=O) groups is 1. The van der Waals surface area contributed by atoms with Gasteiger partial charge in [-0.05, 0) is 55.7 Å². The summed E-state index contributed by atoms with van der Waals surface area (Å²) in [6.07, 6.45) is 1.43. The molecule has 26 heavy (non-hydrogen) atoms. The van der Waals surface area contributed by atoms with Gasteiger partial charge in [0.2, 0.25) is 15.9 Å². The SMILES string of the molecule is CC[C@H](C(=O)Nc1cc(Cl)ccc1C)N(c1cccc(C)c1)S(C)(=O)=O. The minimum atomic E-state index is -3.66. The molecule has 2 rings (SSSR count). The van der Waals surface area contributed by atoms with Crippen molar-refractivity contribution in [1.29, 1.82) is 0 Å². The number of hydrogen-bond acceptors (Lipinski definition) is 3. The van der Waals surface area contributed by atoms with Crippen molar-refractivity contribution in [3.63, 3.8) is 0 Å². The second-order valence-corrected chi connectivity index (χ2v) is 8.57. The minimum absolute atomic E-state index is 0.326. The van der Waals surface area contributed by atoms with Gasteiger partial charge < -0.3 is 5.32 Å². The molecule has 0 aliphatic rings. The van der Waals surface area contributed by atoms with Gasteiger partial charge in [-0.15, -0.1) is 0 Å². The van der Waals surface area contributed by atoms with Gasteiger partial charge in [0.25, 0.3) is 0 Å². The van der Waals surface area contributed by atoms with Gasteiger partial charge in [-0.25, -0.2) is 8.42 Å². The zero-order valence-corrected chi connectivity index (χ0v) is 16.9. The molecule has 0 radical (unpaired) electrons. The Labute approximate surface area is 160 Å². The summed E-state index contributed by atoms with van der Waals surface area (Å²) in [7, 11) is -3.66. The van der Waals surface area contributed by atoms with E-state index in [9.17, 15) is 13.2 Å². The Kier molecular flexibility index (Phi) is 6.31. The third-order valence-electron chi connectivity index (χ3n) is 4.04. The van der Waals surface area contributed by atoms with Crippen LogP contribution in [0, 0.1) is 13.8 Å². The van der Waals surface area contributed by atoms with Gasteiger partial charge in [0.15, 0.2) is 0 Å². The Morgan fingerprint density at radius 2 is 1.88 bits per heavy atom. The first-order valence-electron chi connectivity index (χ1n) is 8.26. The molecule has 0 unspecified atom stereocenters. The number of nitrogens with zero attached hydrogens (tertiary/aromatic N) is 1. The molecule has 0 spiro atoms. The minimum Gasteiger partial charge on any atom is -0.324 e. The summed E-state index contributed by atoms with van der Waals surface area (Å²) in [6, 6.07) is 11.4. The van der Waals surface area contributed by atoms with E-state index in [2.05, 4.69) is 5.32 Å². The fourth-order valence-corrected chi connectivity index (χ4v) is 4.15. The fourth-order valence-electron chi connectivity index (χ4n) is 2.77. The van der Waals surface area contributed by atoms with Crippen LogP contribution in [0.5, 0.6) is 0 Å². The van der Waals surface area contributed by atoms with Crippen LogP contribution < -0.4 is 9.62 Å². The molecule has 1 atom stereocenters. The standard InChI is InChI=1S/C19H23ClN2O3S/c1-5-18(19(23)21-17-12-15(20)10-9-14(17)3)22(26(4,24)25)16-8-6-7-13(2)11-16/h6-12,18H,5H2,1-4H3,(H,21,23)/t18-/m1/s1. The molecular formula is C19H23ClN2O3S. The second-order valence-electron chi connectivity index (χ2n) is 6.27. The maximum atomic E-state index is 12.9. The maximum absolute atomic E-state index is 12.9. The number of aryl methyl sites for hydroxylation is 2. The predicted octanol–water partition coefficient (Wildman–Crippen LogP) is 4.14. The quantitative estimate of drug-likeness (QED) is 0.800. The third-order valence-corrected chi connectivity index (χ3v) is 5.46. The molecule has 0 aromatic heterocycles. The lowest BCUT2D eigenvalue weighted by Crippen LogP contribution is -2.47. The van der Waals surface area contributed by atoms with Gasteiger partial charge in [-0.1, -0.05) is 36.7 Å². The van der Waals surface area contributed by atoms with Gasteiger partial charge in [0, 0.05) is 10.7 Å². The molecule has 1 N–H and O–H groups in total. The Bertz CT molecular complexity index is 913. The second kappa shape index (κ2) is 8.10. The van der Waals surface area contributed by atoms with E-state index in [1.807, 2.05) is 19.9 Å². The maximum Gasteiger partial charge on any atom is 0.248 e. The summed E-state index contributed by atoms with van der Waals surface area (Å²) >= 11 is 6.00. The first-order chi connectivity index (χ1) is 12.1. The van der Waals surface area contributed by atoms with Crippen LogP contribution in [-0.2, 0) is 14.8 Å². The highest BCUT2D eigenvalue weighted by atomic mass is 35.5. The van der Waals surface area contributed by atoms with Crippen molar-refractivity contribution in [2.45, 2.75) is 33.2 Å². The Balaban J connectivity index is 2.41. The van der Waals surface area contributed by atoms with E-state index >= 15 is 0 Å². The van der Waals surface area contributed by atoms with E-state index in [4.69, 9.17) is 11.6 Å². The topological polar surface area (TPSA) is 66.5 Å². The summed E-state index contributed by atoms with van der Waals surface area (Å²) in [5.74, 6) is -0.398. The highest BCUT2D eigenvalue weighted by Gasteiger charge is 2.31. The van der Waals surface area contributed by atoms with E-state index in [0.717, 1.165) is 17.4 Å². The number of sulfonamides is 1. The summed E-state index contributed by atoms with van der Waals surface area (Å²) in [5.41, 5.74) is 2.80. The normalized spacial score (nSPS) is 12.5. The number of amides is 1. The molecular weight excluding hydrogens is 372 g/mol. The number of halogens is 1. The Hall–Kier alpha value is -2.05. The highest BCUT2D eigenvalue weighted by molar-refractivity contribution is 7.92. The molecule has 0 saturated carbocycles. The van der Waals surface area contributed by atoms with E-state index in [1.165, 1.54) is 4.31 Å². The number of rotatable bonds is 6. The zero-order valence-electron chi connectivity index (χ0n) is 15.3. The van der Waals surface area contributed by atoms with E-state index < -0.39 is 22.0 Å². The molecule has 0 aliphatic heterocycles. The average Bonchev–Trinajstić information content (AvgIpc) is 2.54. The van der Waals surface area contributed by atoms with Gasteiger partial charge in [-0.2, -0.15) is 0 Å². The lowest BCUT2D eigenvalue weighted by atomic mass is 10.1. The number of carbonyl (C=O) groups excluding carboxylic acids is 1. The largest absolute Gasteiger partial charge is 0.324 e. The molecule has 7 heteroatoms. The van der Waals surface area contributed by atoms with Crippen LogP contribution in [0.4, 0.5) is 11.4 Å². The van der Waals surface area contributed by atoms with Crippen molar-refractivity contribution < 1.29 is 13.2 Å². The molecule has 0 heterocycles. The number of nitrogens with one attached hydrogen (secondary N) is 1. The van der Waals surface area contributed by atoms with Gasteiger partial charge >= 0.3 is 0 Å². The molecule has 5 nitrogen and oxygen atoms in total. The van der Waals surface area contributed by atoms with E-state index in [0.29, 0.717) is 22.8 Å². The van der Waals surface area contributed by atoms with Crippen LogP contribution in [-0.4, -0.2) is 26.6 Å². The Morgan fingerprint density at radius 3 is 2.46 bits per heavy atom. The number of anilines is 2. The van der Waals surface area contributed by atoms with Crippen molar-refractivity contribution >= 4 is 38.9 Å². The number of hydrogen-bond donors (Lipinski definition) is 1.